The highest BCUT2D eigenvalue weighted by atomic mass is 32.2. The number of amides is 1. The summed E-state index contributed by atoms with van der Waals surface area (Å²) >= 11 is 0. The molecule has 9 nitrogen and oxygen atoms in total. The van der Waals surface area contributed by atoms with Crippen LogP contribution in [0.2, 0.25) is 0 Å². The van der Waals surface area contributed by atoms with Crippen molar-refractivity contribution in [2.24, 2.45) is 11.8 Å². The summed E-state index contributed by atoms with van der Waals surface area (Å²) in [4.78, 5) is 22.4. The molecule has 0 radical (unpaired) electrons. The molecule has 2 aromatic rings. The van der Waals surface area contributed by atoms with Crippen molar-refractivity contribution >= 4 is 15.9 Å². The van der Waals surface area contributed by atoms with Crippen molar-refractivity contribution in [1.29, 1.82) is 0 Å². The Labute approximate surface area is 194 Å². The predicted molar refractivity (Wildman–Crippen MR) is 122 cm³/mol. The molecule has 1 amide bonds. The molecule has 1 saturated carbocycles. The average Bonchev–Trinajstić information content (AvgIpc) is 3.66. The SMILES string of the molecule is C[C@@H]1CN([C@H](C)CO)S(=O)(=O)c2ccc(-c3cncnc3)cc2O[C@@H]1CN(C)C(=O)C1CC1. The molecule has 1 aromatic carbocycles. The van der Waals surface area contributed by atoms with Crippen molar-refractivity contribution in [3.8, 4) is 16.9 Å². The summed E-state index contributed by atoms with van der Waals surface area (Å²) in [5.74, 6) is 0.175. The van der Waals surface area contributed by atoms with Crippen molar-refractivity contribution < 1.29 is 23.1 Å². The lowest BCUT2D eigenvalue weighted by atomic mass is 10.0. The van der Waals surface area contributed by atoms with Crippen LogP contribution in [0.15, 0.2) is 41.8 Å². The van der Waals surface area contributed by atoms with Gasteiger partial charge in [-0.25, -0.2) is 18.4 Å². The first kappa shape index (κ1) is 23.6. The highest BCUT2D eigenvalue weighted by molar-refractivity contribution is 7.89. The first-order chi connectivity index (χ1) is 15.7. The van der Waals surface area contributed by atoms with E-state index < -0.39 is 22.2 Å². The molecule has 178 valence electrons. The molecule has 0 saturated heterocycles. The van der Waals surface area contributed by atoms with E-state index in [-0.39, 0.29) is 41.5 Å². The van der Waals surface area contributed by atoms with E-state index in [1.807, 2.05) is 6.92 Å². The highest BCUT2D eigenvalue weighted by Crippen LogP contribution is 2.37. The van der Waals surface area contributed by atoms with Crippen molar-refractivity contribution in [2.45, 2.75) is 43.7 Å². The first-order valence-electron chi connectivity index (χ1n) is 11.2. The minimum Gasteiger partial charge on any atom is -0.487 e. The molecule has 1 aliphatic carbocycles. The number of aliphatic hydroxyl groups is 1. The molecular formula is C23H30N4O5S. The van der Waals surface area contributed by atoms with E-state index >= 15 is 0 Å². The molecule has 33 heavy (non-hydrogen) atoms. The van der Waals surface area contributed by atoms with Gasteiger partial charge >= 0.3 is 0 Å². The van der Waals surface area contributed by atoms with Crippen LogP contribution in [-0.2, 0) is 14.8 Å². The lowest BCUT2D eigenvalue weighted by Gasteiger charge is -2.37. The van der Waals surface area contributed by atoms with Crippen LogP contribution in [0.4, 0.5) is 0 Å². The van der Waals surface area contributed by atoms with Crippen molar-refractivity contribution in [2.75, 3.05) is 26.7 Å². The number of carbonyl (C=O) groups excluding carboxylic acids is 1. The summed E-state index contributed by atoms with van der Waals surface area (Å²) in [5, 5.41) is 9.76. The van der Waals surface area contributed by atoms with Gasteiger partial charge in [-0.1, -0.05) is 13.0 Å². The number of benzene rings is 1. The Morgan fingerprint density at radius 2 is 1.97 bits per heavy atom. The van der Waals surface area contributed by atoms with Crippen molar-refractivity contribution in [3.05, 3.63) is 36.9 Å². The van der Waals surface area contributed by atoms with Crippen LogP contribution >= 0.6 is 0 Å². The number of likely N-dealkylation sites (N-methyl/N-ethyl adjacent to an activating group) is 1. The van der Waals surface area contributed by atoms with Gasteiger partial charge in [-0.2, -0.15) is 4.31 Å². The van der Waals surface area contributed by atoms with E-state index in [2.05, 4.69) is 9.97 Å². The summed E-state index contributed by atoms with van der Waals surface area (Å²) in [6.07, 6.45) is 6.12. The summed E-state index contributed by atoms with van der Waals surface area (Å²) in [6.45, 7) is 3.81. The minimum absolute atomic E-state index is 0.0384. The van der Waals surface area contributed by atoms with Crippen LogP contribution in [0.3, 0.4) is 0 Å². The normalized spacial score (nSPS) is 23.5. The van der Waals surface area contributed by atoms with Crippen LogP contribution in [0.5, 0.6) is 5.75 Å². The Morgan fingerprint density at radius 3 is 2.61 bits per heavy atom. The average molecular weight is 475 g/mol. The number of sulfonamides is 1. The largest absolute Gasteiger partial charge is 0.487 e. The third-order valence-corrected chi connectivity index (χ3v) is 8.34. The van der Waals surface area contributed by atoms with E-state index in [1.165, 1.54) is 16.7 Å². The standard InChI is InChI=1S/C23H30N4O5S/c1-15-11-27(16(2)13-28)33(30,31)22-7-6-18(19-9-24-14-25-10-19)8-20(22)32-21(15)12-26(3)23(29)17-4-5-17/h6-10,14-17,21,28H,4-5,11-13H2,1-3H3/t15-,16-,21-/m1/s1. The Kier molecular flexibility index (Phi) is 6.69. The van der Waals surface area contributed by atoms with E-state index in [9.17, 15) is 18.3 Å². The molecule has 0 unspecified atom stereocenters. The smallest absolute Gasteiger partial charge is 0.247 e. The van der Waals surface area contributed by atoms with Crippen molar-refractivity contribution in [1.82, 2.24) is 19.2 Å². The zero-order valence-corrected chi connectivity index (χ0v) is 19.9. The van der Waals surface area contributed by atoms with Crippen LogP contribution in [0, 0.1) is 11.8 Å². The lowest BCUT2D eigenvalue weighted by molar-refractivity contribution is -0.132. The number of carbonyl (C=O) groups is 1. The molecule has 0 spiro atoms. The molecule has 1 N–H and O–H groups in total. The maximum atomic E-state index is 13.6. The maximum absolute atomic E-state index is 13.6. The number of nitrogens with zero attached hydrogens (tertiary/aromatic N) is 4. The van der Waals surface area contributed by atoms with Gasteiger partial charge in [0.25, 0.3) is 0 Å². The Hall–Kier alpha value is -2.56. The number of ether oxygens (including phenoxy) is 1. The molecule has 0 bridgehead atoms. The fourth-order valence-electron chi connectivity index (χ4n) is 4.07. The second-order valence-electron chi connectivity index (χ2n) is 9.02. The fraction of sp³-hybridized carbons (Fsp3) is 0.522. The monoisotopic (exact) mass is 474 g/mol. The number of aliphatic hydroxyl groups excluding tert-OH is 1. The Morgan fingerprint density at radius 1 is 1.27 bits per heavy atom. The summed E-state index contributed by atoms with van der Waals surface area (Å²) < 4.78 is 34.8. The van der Waals surface area contributed by atoms with Gasteiger partial charge in [-0.15, -0.1) is 0 Å². The number of hydrogen-bond donors (Lipinski definition) is 1. The van der Waals surface area contributed by atoms with E-state index in [1.54, 1.807) is 43.4 Å². The van der Waals surface area contributed by atoms with Crippen LogP contribution in [0.25, 0.3) is 11.1 Å². The van der Waals surface area contributed by atoms with Crippen LogP contribution < -0.4 is 4.74 Å². The lowest BCUT2D eigenvalue weighted by Crippen LogP contribution is -2.50. The van der Waals surface area contributed by atoms with Gasteiger partial charge in [0, 0.05) is 49.4 Å². The molecule has 3 atom stereocenters. The third-order valence-electron chi connectivity index (χ3n) is 6.32. The quantitative estimate of drug-likeness (QED) is 0.679. The number of hydrogen-bond acceptors (Lipinski definition) is 7. The van der Waals surface area contributed by atoms with Crippen LogP contribution in [0.1, 0.15) is 26.7 Å². The van der Waals surface area contributed by atoms with Crippen LogP contribution in [-0.4, -0.2) is 77.5 Å². The third kappa shape index (κ3) is 4.87. The van der Waals surface area contributed by atoms with Gasteiger partial charge in [0.05, 0.1) is 13.2 Å². The molecule has 4 rings (SSSR count). The zero-order chi connectivity index (χ0) is 23.8. The fourth-order valence-corrected chi connectivity index (χ4v) is 5.90. The first-order valence-corrected chi connectivity index (χ1v) is 12.6. The Balaban J connectivity index is 1.76. The number of rotatable bonds is 6. The van der Waals surface area contributed by atoms with Crippen molar-refractivity contribution in [3.63, 3.8) is 0 Å². The van der Waals surface area contributed by atoms with Gasteiger partial charge in [-0.05, 0) is 37.5 Å². The van der Waals surface area contributed by atoms with Gasteiger partial charge in [-0.3, -0.25) is 4.79 Å². The second-order valence-corrected chi connectivity index (χ2v) is 10.9. The van der Waals surface area contributed by atoms with Gasteiger partial charge in [0.15, 0.2) is 0 Å². The maximum Gasteiger partial charge on any atom is 0.247 e. The van der Waals surface area contributed by atoms with E-state index in [0.717, 1.165) is 24.0 Å². The molecular weight excluding hydrogens is 444 g/mol. The molecule has 1 aliphatic heterocycles. The second kappa shape index (κ2) is 9.36. The molecule has 2 heterocycles. The summed E-state index contributed by atoms with van der Waals surface area (Å²) in [7, 11) is -2.16. The summed E-state index contributed by atoms with van der Waals surface area (Å²) in [5.41, 5.74) is 1.45. The molecule has 1 fully saturated rings. The Bertz CT molecular complexity index is 1110. The number of fused-ring (bicyclic) bond motifs is 1. The number of aromatic nitrogens is 2. The van der Waals surface area contributed by atoms with Gasteiger partial charge in [0.2, 0.25) is 15.9 Å². The van der Waals surface area contributed by atoms with E-state index in [0.29, 0.717) is 6.54 Å². The van der Waals surface area contributed by atoms with E-state index in [4.69, 9.17) is 4.74 Å². The molecule has 2 aliphatic rings. The highest BCUT2D eigenvalue weighted by Gasteiger charge is 2.39. The molecule has 1 aromatic heterocycles. The molecule has 10 heteroatoms. The minimum atomic E-state index is -3.92. The topological polar surface area (TPSA) is 113 Å². The zero-order valence-electron chi connectivity index (χ0n) is 19.1. The predicted octanol–water partition coefficient (Wildman–Crippen LogP) is 1.78. The van der Waals surface area contributed by atoms with Gasteiger partial charge in [0.1, 0.15) is 23.1 Å². The summed E-state index contributed by atoms with van der Waals surface area (Å²) in [6, 6.07) is 4.30. The van der Waals surface area contributed by atoms with Gasteiger partial charge < -0.3 is 14.7 Å².